The number of nitrogens with one attached hydrogen (secondary N) is 1. The van der Waals surface area contributed by atoms with Crippen molar-refractivity contribution in [1.82, 2.24) is 15.1 Å². The standard InChI is InChI=1S/C12H12N4O5/c1-15(5-4-10(17)18)12(19)11-8-6-7(16(20)21)2-3-9(8)13-14-11/h2-3,6H,4-5H2,1H3,(H,13,14)(H,17,18). The minimum atomic E-state index is -1.02. The van der Waals surface area contributed by atoms with Crippen molar-refractivity contribution in [1.29, 1.82) is 0 Å². The average Bonchev–Trinajstić information content (AvgIpc) is 2.86. The van der Waals surface area contributed by atoms with Gasteiger partial charge in [-0.15, -0.1) is 0 Å². The second-order valence-electron chi connectivity index (χ2n) is 4.43. The smallest absolute Gasteiger partial charge is 0.305 e. The Morgan fingerprint density at radius 3 is 2.81 bits per heavy atom. The molecule has 110 valence electrons. The number of aliphatic carboxylic acids is 1. The molecular formula is C12H12N4O5. The number of carboxylic acids is 1. The van der Waals surface area contributed by atoms with Gasteiger partial charge in [0, 0.05) is 31.1 Å². The molecule has 0 spiro atoms. The van der Waals surface area contributed by atoms with Crippen molar-refractivity contribution in [2.24, 2.45) is 0 Å². The van der Waals surface area contributed by atoms with Crippen LogP contribution in [0.2, 0.25) is 0 Å². The third kappa shape index (κ3) is 2.96. The molecule has 0 radical (unpaired) electrons. The molecule has 21 heavy (non-hydrogen) atoms. The zero-order valence-corrected chi connectivity index (χ0v) is 11.1. The van der Waals surface area contributed by atoms with Crippen LogP contribution in [0.1, 0.15) is 16.9 Å². The Bertz CT molecular complexity index is 724. The summed E-state index contributed by atoms with van der Waals surface area (Å²) in [6.07, 6.45) is -0.190. The van der Waals surface area contributed by atoms with Gasteiger partial charge in [0.1, 0.15) is 0 Å². The molecule has 0 aliphatic heterocycles. The lowest BCUT2D eigenvalue weighted by molar-refractivity contribution is -0.384. The second-order valence-corrected chi connectivity index (χ2v) is 4.43. The number of carbonyl (C=O) groups excluding carboxylic acids is 1. The summed E-state index contributed by atoms with van der Waals surface area (Å²) in [7, 11) is 1.45. The highest BCUT2D eigenvalue weighted by Crippen LogP contribution is 2.22. The van der Waals surface area contributed by atoms with Crippen LogP contribution in [0, 0.1) is 10.1 Å². The van der Waals surface area contributed by atoms with Crippen LogP contribution in [-0.4, -0.2) is 50.6 Å². The van der Waals surface area contributed by atoms with Crippen LogP contribution < -0.4 is 0 Å². The number of H-pyrrole nitrogens is 1. The van der Waals surface area contributed by atoms with E-state index in [1.54, 1.807) is 0 Å². The van der Waals surface area contributed by atoms with Gasteiger partial charge >= 0.3 is 5.97 Å². The van der Waals surface area contributed by atoms with Crippen molar-refractivity contribution >= 4 is 28.5 Å². The molecule has 0 saturated carbocycles. The molecular weight excluding hydrogens is 280 g/mol. The first kappa shape index (κ1) is 14.4. The summed E-state index contributed by atoms with van der Waals surface area (Å²) in [5, 5.41) is 26.2. The maximum Gasteiger partial charge on any atom is 0.305 e. The van der Waals surface area contributed by atoms with Crippen molar-refractivity contribution in [2.75, 3.05) is 13.6 Å². The fourth-order valence-electron chi connectivity index (χ4n) is 1.82. The van der Waals surface area contributed by atoms with E-state index >= 15 is 0 Å². The number of aromatic amines is 1. The average molecular weight is 292 g/mol. The van der Waals surface area contributed by atoms with Crippen LogP contribution in [0.25, 0.3) is 10.9 Å². The van der Waals surface area contributed by atoms with E-state index in [1.165, 1.54) is 30.1 Å². The second kappa shape index (κ2) is 5.57. The molecule has 2 N–H and O–H groups in total. The normalized spacial score (nSPS) is 10.5. The molecule has 0 aliphatic carbocycles. The van der Waals surface area contributed by atoms with Gasteiger partial charge in [0.25, 0.3) is 11.6 Å². The van der Waals surface area contributed by atoms with Gasteiger partial charge in [-0.05, 0) is 6.07 Å². The van der Waals surface area contributed by atoms with Crippen molar-refractivity contribution < 1.29 is 19.6 Å². The molecule has 0 saturated heterocycles. The van der Waals surface area contributed by atoms with Crippen molar-refractivity contribution in [2.45, 2.75) is 6.42 Å². The highest BCUT2D eigenvalue weighted by atomic mass is 16.6. The number of hydrogen-bond donors (Lipinski definition) is 2. The number of carbonyl (C=O) groups is 2. The summed E-state index contributed by atoms with van der Waals surface area (Å²) in [4.78, 5) is 34.1. The van der Waals surface area contributed by atoms with Gasteiger partial charge in [0.2, 0.25) is 0 Å². The summed E-state index contributed by atoms with van der Waals surface area (Å²) < 4.78 is 0. The Morgan fingerprint density at radius 1 is 1.48 bits per heavy atom. The lowest BCUT2D eigenvalue weighted by Gasteiger charge is -2.14. The zero-order valence-electron chi connectivity index (χ0n) is 11.1. The first-order valence-electron chi connectivity index (χ1n) is 6.00. The molecule has 0 unspecified atom stereocenters. The molecule has 9 heteroatoms. The lowest BCUT2D eigenvalue weighted by Crippen LogP contribution is -2.29. The zero-order chi connectivity index (χ0) is 15.6. The van der Waals surface area contributed by atoms with Crippen molar-refractivity contribution in [3.8, 4) is 0 Å². The van der Waals surface area contributed by atoms with Gasteiger partial charge in [-0.2, -0.15) is 5.10 Å². The third-order valence-electron chi connectivity index (χ3n) is 2.97. The van der Waals surface area contributed by atoms with E-state index in [0.717, 1.165) is 0 Å². The summed E-state index contributed by atoms with van der Waals surface area (Å²) in [5.74, 6) is -1.51. The molecule has 1 aromatic heterocycles. The van der Waals surface area contributed by atoms with E-state index in [0.29, 0.717) is 10.9 Å². The Morgan fingerprint density at radius 2 is 2.19 bits per heavy atom. The largest absolute Gasteiger partial charge is 0.481 e. The topological polar surface area (TPSA) is 129 Å². The van der Waals surface area contributed by atoms with Crippen molar-refractivity contribution in [3.05, 3.63) is 34.0 Å². The fourth-order valence-corrected chi connectivity index (χ4v) is 1.82. The van der Waals surface area contributed by atoms with Crippen LogP contribution in [-0.2, 0) is 4.79 Å². The van der Waals surface area contributed by atoms with Crippen LogP contribution in [0.15, 0.2) is 18.2 Å². The number of benzene rings is 1. The SMILES string of the molecule is CN(CCC(=O)O)C(=O)c1n[nH]c2ccc([N+](=O)[O-])cc12. The number of aromatic nitrogens is 2. The molecule has 2 aromatic rings. The molecule has 0 bridgehead atoms. The number of fused-ring (bicyclic) bond motifs is 1. The van der Waals surface area contributed by atoms with Gasteiger partial charge in [-0.1, -0.05) is 0 Å². The molecule has 0 aliphatic rings. The van der Waals surface area contributed by atoms with Crippen molar-refractivity contribution in [3.63, 3.8) is 0 Å². The van der Waals surface area contributed by atoms with E-state index in [9.17, 15) is 19.7 Å². The van der Waals surface area contributed by atoms with Crippen LogP contribution in [0.4, 0.5) is 5.69 Å². The first-order chi connectivity index (χ1) is 9.90. The highest BCUT2D eigenvalue weighted by molar-refractivity contribution is 6.05. The Hall–Kier alpha value is -2.97. The highest BCUT2D eigenvalue weighted by Gasteiger charge is 2.20. The summed E-state index contributed by atoms with van der Waals surface area (Å²) in [5.41, 5.74) is 0.378. The fraction of sp³-hybridized carbons (Fsp3) is 0.250. The van der Waals surface area contributed by atoms with Gasteiger partial charge in [-0.3, -0.25) is 24.8 Å². The van der Waals surface area contributed by atoms with Gasteiger partial charge in [0.05, 0.1) is 16.9 Å². The molecule has 9 nitrogen and oxygen atoms in total. The predicted molar refractivity (Wildman–Crippen MR) is 72.0 cm³/mol. The quantitative estimate of drug-likeness (QED) is 0.625. The summed E-state index contributed by atoms with van der Waals surface area (Å²) in [6, 6.07) is 4.04. The number of amides is 1. The Balaban J connectivity index is 2.32. The van der Waals surface area contributed by atoms with Crippen LogP contribution in [0.5, 0.6) is 0 Å². The van der Waals surface area contributed by atoms with Gasteiger partial charge in [-0.25, -0.2) is 0 Å². The number of nitro groups is 1. The minimum Gasteiger partial charge on any atom is -0.481 e. The molecule has 1 aromatic carbocycles. The van der Waals surface area contributed by atoms with E-state index in [1.807, 2.05) is 0 Å². The predicted octanol–water partition coefficient (Wildman–Crippen LogP) is 1.02. The van der Waals surface area contributed by atoms with Crippen LogP contribution >= 0.6 is 0 Å². The number of carboxylic acid groups (broad SMARTS) is 1. The minimum absolute atomic E-state index is 0.0252. The Kier molecular flexibility index (Phi) is 3.83. The number of nitro benzene ring substituents is 1. The first-order valence-corrected chi connectivity index (χ1v) is 6.00. The molecule has 0 atom stereocenters. The summed E-state index contributed by atoms with van der Waals surface area (Å²) in [6.45, 7) is 0.0252. The third-order valence-corrected chi connectivity index (χ3v) is 2.97. The lowest BCUT2D eigenvalue weighted by atomic mass is 10.1. The van der Waals surface area contributed by atoms with Gasteiger partial charge in [0.15, 0.2) is 5.69 Å². The van der Waals surface area contributed by atoms with E-state index in [4.69, 9.17) is 5.11 Å². The van der Waals surface area contributed by atoms with Gasteiger partial charge < -0.3 is 10.0 Å². The van der Waals surface area contributed by atoms with E-state index in [2.05, 4.69) is 10.2 Å². The van der Waals surface area contributed by atoms with E-state index < -0.39 is 16.8 Å². The number of hydrogen-bond acceptors (Lipinski definition) is 5. The maximum atomic E-state index is 12.2. The summed E-state index contributed by atoms with van der Waals surface area (Å²) >= 11 is 0. The number of nitrogens with zero attached hydrogens (tertiary/aromatic N) is 3. The van der Waals surface area contributed by atoms with E-state index in [-0.39, 0.29) is 24.3 Å². The maximum absolute atomic E-state index is 12.2. The Labute approximate surface area is 118 Å². The molecule has 2 rings (SSSR count). The molecule has 0 fully saturated rings. The number of rotatable bonds is 5. The molecule has 1 heterocycles. The van der Waals surface area contributed by atoms with Crippen LogP contribution in [0.3, 0.4) is 0 Å². The monoisotopic (exact) mass is 292 g/mol. The number of non-ortho nitro benzene ring substituents is 1. The molecule has 1 amide bonds.